The Bertz CT molecular complexity index is 1090. The van der Waals surface area contributed by atoms with Crippen LogP contribution in [-0.4, -0.2) is 26.4 Å². The van der Waals surface area contributed by atoms with Crippen molar-refractivity contribution in [2.24, 2.45) is 0 Å². The molecule has 1 saturated carbocycles. The van der Waals surface area contributed by atoms with E-state index in [-0.39, 0.29) is 5.91 Å². The largest absolute Gasteiger partial charge is 0.334 e. The molecule has 4 rings (SSSR count). The van der Waals surface area contributed by atoms with E-state index < -0.39 is 5.54 Å². The molecule has 0 aliphatic heterocycles. The molecule has 3 aromatic heterocycles. The number of carbonyl (C=O) groups excluding carboxylic acids is 1. The van der Waals surface area contributed by atoms with Gasteiger partial charge in [-0.15, -0.1) is 22.7 Å². The normalized spacial score (nSPS) is 15.4. The van der Waals surface area contributed by atoms with Gasteiger partial charge in [0, 0.05) is 11.6 Å². The lowest BCUT2D eigenvalue weighted by Gasteiger charge is -2.31. The Morgan fingerprint density at radius 2 is 2.00 bits per heavy atom. The van der Waals surface area contributed by atoms with Gasteiger partial charge in [-0.3, -0.25) is 4.79 Å². The molecule has 1 aliphatic carbocycles. The molecule has 0 unspecified atom stereocenters. The van der Waals surface area contributed by atoms with Crippen LogP contribution < -0.4 is 10.6 Å². The van der Waals surface area contributed by atoms with Crippen molar-refractivity contribution < 1.29 is 4.79 Å². The fourth-order valence-electron chi connectivity index (χ4n) is 3.63. The Kier molecular flexibility index (Phi) is 5.79. The average Bonchev–Trinajstić information content (AvgIpc) is 3.34. The molecule has 3 heterocycles. The molecule has 1 amide bonds. The minimum Gasteiger partial charge on any atom is -0.334 e. The number of rotatable bonds is 5. The van der Waals surface area contributed by atoms with Crippen molar-refractivity contribution in [3.8, 4) is 16.6 Å². The Balaban J connectivity index is 1.42. The SMILES string of the molecule is Cc1nc(C)c(-c2csc(Nc3ccc(C(=O)NC4(C#N)CCCCC4)cn3)n2)s1. The van der Waals surface area contributed by atoms with Crippen molar-refractivity contribution in [2.75, 3.05) is 5.32 Å². The van der Waals surface area contributed by atoms with Crippen molar-refractivity contribution in [1.82, 2.24) is 20.3 Å². The van der Waals surface area contributed by atoms with Gasteiger partial charge in [-0.1, -0.05) is 19.3 Å². The van der Waals surface area contributed by atoms with Gasteiger partial charge in [-0.2, -0.15) is 5.26 Å². The highest BCUT2D eigenvalue weighted by atomic mass is 32.1. The lowest BCUT2D eigenvalue weighted by molar-refractivity contribution is 0.0902. The summed E-state index contributed by atoms with van der Waals surface area (Å²) >= 11 is 3.12. The van der Waals surface area contributed by atoms with Gasteiger partial charge in [0.2, 0.25) is 0 Å². The molecule has 0 spiro atoms. The predicted molar refractivity (Wildman–Crippen MR) is 119 cm³/mol. The topological polar surface area (TPSA) is 104 Å². The molecular formula is C21H22N6OS2. The average molecular weight is 439 g/mol. The highest BCUT2D eigenvalue weighted by Crippen LogP contribution is 2.33. The van der Waals surface area contributed by atoms with Gasteiger partial charge in [0.05, 0.1) is 32.9 Å². The summed E-state index contributed by atoms with van der Waals surface area (Å²) in [7, 11) is 0. The Hall–Kier alpha value is -2.83. The maximum atomic E-state index is 12.6. The van der Waals surface area contributed by atoms with Crippen molar-refractivity contribution >= 4 is 39.5 Å². The first-order chi connectivity index (χ1) is 14.5. The van der Waals surface area contributed by atoms with Gasteiger partial charge >= 0.3 is 0 Å². The smallest absolute Gasteiger partial charge is 0.254 e. The number of nitriles is 1. The lowest BCUT2D eigenvalue weighted by atomic mass is 9.82. The molecule has 2 N–H and O–H groups in total. The molecule has 0 aromatic carbocycles. The first-order valence-corrected chi connectivity index (χ1v) is 11.5. The van der Waals surface area contributed by atoms with E-state index in [1.54, 1.807) is 23.5 Å². The van der Waals surface area contributed by atoms with Gasteiger partial charge in [0.25, 0.3) is 5.91 Å². The van der Waals surface area contributed by atoms with Crippen LogP contribution in [0.1, 0.15) is 53.2 Å². The van der Waals surface area contributed by atoms with Crippen LogP contribution in [0.4, 0.5) is 10.9 Å². The van der Waals surface area contributed by atoms with Gasteiger partial charge in [0.15, 0.2) is 5.13 Å². The zero-order valence-electron chi connectivity index (χ0n) is 16.9. The summed E-state index contributed by atoms with van der Waals surface area (Å²) in [5.41, 5.74) is 1.57. The summed E-state index contributed by atoms with van der Waals surface area (Å²) in [5, 5.41) is 19.4. The van der Waals surface area contributed by atoms with Crippen LogP contribution in [0.3, 0.4) is 0 Å². The van der Waals surface area contributed by atoms with Gasteiger partial charge < -0.3 is 10.6 Å². The zero-order valence-corrected chi connectivity index (χ0v) is 18.5. The van der Waals surface area contributed by atoms with E-state index in [2.05, 4.69) is 31.7 Å². The van der Waals surface area contributed by atoms with Gasteiger partial charge in [-0.05, 0) is 38.8 Å². The lowest BCUT2D eigenvalue weighted by Crippen LogP contribution is -2.48. The maximum Gasteiger partial charge on any atom is 0.254 e. The molecule has 0 atom stereocenters. The number of anilines is 2. The number of aryl methyl sites for hydroxylation is 2. The monoisotopic (exact) mass is 438 g/mol. The third kappa shape index (κ3) is 4.35. The van der Waals surface area contributed by atoms with Crippen LogP contribution in [0, 0.1) is 25.2 Å². The Labute approximate surface area is 183 Å². The molecular weight excluding hydrogens is 416 g/mol. The van der Waals surface area contributed by atoms with Crippen LogP contribution in [0.25, 0.3) is 10.6 Å². The summed E-state index contributed by atoms with van der Waals surface area (Å²) in [6.07, 6.45) is 5.97. The van der Waals surface area contributed by atoms with Gasteiger partial charge in [-0.25, -0.2) is 15.0 Å². The molecule has 154 valence electrons. The second-order valence-electron chi connectivity index (χ2n) is 7.45. The van der Waals surface area contributed by atoms with E-state index >= 15 is 0 Å². The van der Waals surface area contributed by atoms with Crippen LogP contribution in [0.15, 0.2) is 23.7 Å². The third-order valence-electron chi connectivity index (χ3n) is 5.17. The summed E-state index contributed by atoms with van der Waals surface area (Å²) in [5.74, 6) is 0.349. The Morgan fingerprint density at radius 3 is 2.63 bits per heavy atom. The van der Waals surface area contributed by atoms with Crippen LogP contribution >= 0.6 is 22.7 Å². The molecule has 1 aliphatic rings. The number of nitrogens with one attached hydrogen (secondary N) is 2. The number of carbonyl (C=O) groups is 1. The minimum absolute atomic E-state index is 0.259. The molecule has 3 aromatic rings. The van der Waals surface area contributed by atoms with E-state index in [9.17, 15) is 10.1 Å². The second kappa shape index (κ2) is 8.50. The zero-order chi connectivity index (χ0) is 21.1. The predicted octanol–water partition coefficient (Wildman–Crippen LogP) is 4.98. The van der Waals surface area contributed by atoms with Crippen LogP contribution in [0.5, 0.6) is 0 Å². The van der Waals surface area contributed by atoms with Crippen molar-refractivity contribution in [3.63, 3.8) is 0 Å². The summed E-state index contributed by atoms with van der Waals surface area (Å²) in [4.78, 5) is 27.1. The quantitative estimate of drug-likeness (QED) is 0.582. The Morgan fingerprint density at radius 1 is 1.20 bits per heavy atom. The van der Waals surface area contributed by atoms with E-state index in [1.165, 1.54) is 17.5 Å². The maximum absolute atomic E-state index is 12.6. The summed E-state index contributed by atoms with van der Waals surface area (Å²) < 4.78 is 0. The molecule has 9 heteroatoms. The molecule has 7 nitrogen and oxygen atoms in total. The number of pyridine rings is 1. The van der Waals surface area contributed by atoms with Gasteiger partial charge in [0.1, 0.15) is 11.4 Å². The number of nitrogens with zero attached hydrogens (tertiary/aromatic N) is 4. The molecule has 0 radical (unpaired) electrons. The minimum atomic E-state index is -0.753. The molecule has 0 saturated heterocycles. The van der Waals surface area contributed by atoms with E-state index in [0.29, 0.717) is 24.2 Å². The first-order valence-electron chi connectivity index (χ1n) is 9.85. The molecule has 30 heavy (non-hydrogen) atoms. The fraction of sp³-hybridized carbons (Fsp3) is 0.381. The highest BCUT2D eigenvalue weighted by Gasteiger charge is 2.33. The van der Waals surface area contributed by atoms with Crippen molar-refractivity contribution in [3.05, 3.63) is 40.0 Å². The first kappa shape index (κ1) is 20.4. The number of aromatic nitrogens is 3. The van der Waals surface area contributed by atoms with Crippen molar-refractivity contribution in [2.45, 2.75) is 51.5 Å². The molecule has 0 bridgehead atoms. The number of hydrogen-bond acceptors (Lipinski definition) is 8. The highest BCUT2D eigenvalue weighted by molar-refractivity contribution is 7.16. The molecule has 1 fully saturated rings. The summed E-state index contributed by atoms with van der Waals surface area (Å²) in [6, 6.07) is 5.77. The summed E-state index contributed by atoms with van der Waals surface area (Å²) in [6.45, 7) is 3.97. The van der Waals surface area contributed by atoms with Crippen LogP contribution in [-0.2, 0) is 0 Å². The van der Waals surface area contributed by atoms with Crippen molar-refractivity contribution in [1.29, 1.82) is 5.26 Å². The second-order valence-corrected chi connectivity index (χ2v) is 9.51. The van der Waals surface area contributed by atoms with E-state index in [1.807, 2.05) is 19.2 Å². The number of amides is 1. The number of hydrogen-bond donors (Lipinski definition) is 2. The van der Waals surface area contributed by atoms with Crippen LogP contribution in [0.2, 0.25) is 0 Å². The number of thiazole rings is 2. The fourth-order valence-corrected chi connectivity index (χ4v) is 5.29. The standard InChI is InChI=1S/C21H22N6OS2/c1-13-18(30-14(2)24-13)16-11-29-20(25-16)26-17-7-6-15(10-23-17)19(28)27-21(12-22)8-4-3-5-9-21/h6-7,10-11H,3-5,8-9H2,1-2H3,(H,27,28)(H,23,25,26). The van der Waals surface area contributed by atoms with E-state index in [0.717, 1.165) is 45.7 Å². The third-order valence-corrected chi connectivity index (χ3v) is 7.03. The van der Waals surface area contributed by atoms with E-state index in [4.69, 9.17) is 0 Å².